The molecule has 0 aliphatic carbocycles. The molecule has 3 heteroatoms. The lowest BCUT2D eigenvalue weighted by atomic mass is 10.1. The van der Waals surface area contributed by atoms with Gasteiger partial charge in [-0.25, -0.2) is 0 Å². The molecular formula is C13H20N2O. The van der Waals surface area contributed by atoms with E-state index in [1.807, 2.05) is 6.92 Å². The van der Waals surface area contributed by atoms with E-state index >= 15 is 0 Å². The summed E-state index contributed by atoms with van der Waals surface area (Å²) in [4.78, 5) is 2.29. The van der Waals surface area contributed by atoms with Gasteiger partial charge in [0.2, 0.25) is 0 Å². The van der Waals surface area contributed by atoms with Crippen molar-refractivity contribution in [2.24, 2.45) is 0 Å². The number of rotatable bonds is 2. The van der Waals surface area contributed by atoms with Crippen LogP contribution in [0.25, 0.3) is 0 Å². The molecule has 16 heavy (non-hydrogen) atoms. The van der Waals surface area contributed by atoms with Crippen LogP contribution in [0.3, 0.4) is 0 Å². The van der Waals surface area contributed by atoms with Crippen LogP contribution in [0.5, 0.6) is 0 Å². The van der Waals surface area contributed by atoms with E-state index in [1.165, 1.54) is 11.1 Å². The highest BCUT2D eigenvalue weighted by Gasteiger charge is 2.27. The third-order valence-electron chi connectivity index (χ3n) is 3.12. The van der Waals surface area contributed by atoms with Crippen LogP contribution in [0.15, 0.2) is 24.3 Å². The number of aliphatic hydroxyl groups is 1. The quantitative estimate of drug-likeness (QED) is 0.783. The smallest absolute Gasteiger partial charge is 0.126 e. The van der Waals surface area contributed by atoms with E-state index in [1.54, 1.807) is 0 Å². The Morgan fingerprint density at radius 3 is 2.88 bits per heavy atom. The van der Waals surface area contributed by atoms with Gasteiger partial charge >= 0.3 is 0 Å². The van der Waals surface area contributed by atoms with E-state index in [2.05, 4.69) is 41.4 Å². The predicted molar refractivity (Wildman–Crippen MR) is 65.1 cm³/mol. The van der Waals surface area contributed by atoms with E-state index in [9.17, 15) is 5.11 Å². The van der Waals surface area contributed by atoms with Gasteiger partial charge in [0.15, 0.2) is 0 Å². The maximum atomic E-state index is 9.94. The molecule has 0 unspecified atom stereocenters. The Balaban J connectivity index is 2.02. The Labute approximate surface area is 97.1 Å². The minimum Gasteiger partial charge on any atom is -0.375 e. The highest BCUT2D eigenvalue weighted by atomic mass is 16.3. The summed E-state index contributed by atoms with van der Waals surface area (Å²) in [7, 11) is 0. The lowest BCUT2D eigenvalue weighted by molar-refractivity contribution is -0.0367. The minimum absolute atomic E-state index is 0.682. The normalized spacial score (nSPS) is 26.9. The van der Waals surface area contributed by atoms with Crippen molar-refractivity contribution in [3.8, 4) is 0 Å². The predicted octanol–water partition coefficient (Wildman–Crippen LogP) is 1.11. The van der Waals surface area contributed by atoms with Crippen LogP contribution in [0.2, 0.25) is 0 Å². The molecule has 0 radical (unpaired) electrons. The van der Waals surface area contributed by atoms with E-state index in [0.717, 1.165) is 19.6 Å². The monoisotopic (exact) mass is 220 g/mol. The zero-order valence-electron chi connectivity index (χ0n) is 10.0. The van der Waals surface area contributed by atoms with Crippen LogP contribution in [0.4, 0.5) is 0 Å². The van der Waals surface area contributed by atoms with Crippen molar-refractivity contribution in [3.05, 3.63) is 35.4 Å². The Morgan fingerprint density at radius 1 is 1.44 bits per heavy atom. The van der Waals surface area contributed by atoms with Crippen LogP contribution >= 0.6 is 0 Å². The molecule has 1 aromatic rings. The lowest BCUT2D eigenvalue weighted by Crippen LogP contribution is -2.58. The van der Waals surface area contributed by atoms with Crippen molar-refractivity contribution in [3.63, 3.8) is 0 Å². The van der Waals surface area contributed by atoms with Crippen LogP contribution in [-0.2, 0) is 6.54 Å². The molecule has 1 saturated heterocycles. The summed E-state index contributed by atoms with van der Waals surface area (Å²) in [5, 5.41) is 13.0. The van der Waals surface area contributed by atoms with Crippen LogP contribution in [0.1, 0.15) is 18.1 Å². The van der Waals surface area contributed by atoms with Gasteiger partial charge in [-0.05, 0) is 25.0 Å². The summed E-state index contributed by atoms with van der Waals surface area (Å²) in [5.41, 5.74) is 1.92. The summed E-state index contributed by atoms with van der Waals surface area (Å²) in [6.07, 6.45) is 0. The van der Waals surface area contributed by atoms with E-state index in [0.29, 0.717) is 6.54 Å². The Bertz CT molecular complexity index is 363. The molecule has 0 aromatic heterocycles. The summed E-state index contributed by atoms with van der Waals surface area (Å²) in [5.74, 6) is 0. The second-order valence-electron chi connectivity index (χ2n) is 4.84. The van der Waals surface area contributed by atoms with Crippen LogP contribution in [-0.4, -0.2) is 35.4 Å². The SMILES string of the molecule is Cc1ccccc1CN1CCN[C@@](C)(O)C1. The van der Waals surface area contributed by atoms with E-state index in [-0.39, 0.29) is 0 Å². The van der Waals surface area contributed by atoms with Crippen LogP contribution < -0.4 is 5.32 Å². The summed E-state index contributed by atoms with van der Waals surface area (Å²) < 4.78 is 0. The van der Waals surface area contributed by atoms with E-state index in [4.69, 9.17) is 0 Å². The highest BCUT2D eigenvalue weighted by Crippen LogP contribution is 2.14. The molecule has 3 nitrogen and oxygen atoms in total. The van der Waals surface area contributed by atoms with Gasteiger partial charge in [0, 0.05) is 26.2 Å². The lowest BCUT2D eigenvalue weighted by Gasteiger charge is -2.38. The van der Waals surface area contributed by atoms with Gasteiger partial charge in [0.25, 0.3) is 0 Å². The van der Waals surface area contributed by atoms with Crippen molar-refractivity contribution >= 4 is 0 Å². The highest BCUT2D eigenvalue weighted by molar-refractivity contribution is 5.25. The number of nitrogens with zero attached hydrogens (tertiary/aromatic N) is 1. The molecule has 1 aliphatic heterocycles. The molecule has 88 valence electrons. The first-order chi connectivity index (χ1) is 7.57. The second-order valence-corrected chi connectivity index (χ2v) is 4.84. The maximum absolute atomic E-state index is 9.94. The summed E-state index contributed by atoms with van der Waals surface area (Å²) in [6.45, 7) is 7.40. The number of hydrogen-bond acceptors (Lipinski definition) is 3. The first kappa shape index (κ1) is 11.6. The van der Waals surface area contributed by atoms with Gasteiger partial charge in [0.1, 0.15) is 5.72 Å². The number of piperazine rings is 1. The zero-order chi connectivity index (χ0) is 11.6. The Kier molecular flexibility index (Phi) is 3.28. The van der Waals surface area contributed by atoms with Gasteiger partial charge in [-0.1, -0.05) is 24.3 Å². The molecule has 1 fully saturated rings. The number of aryl methyl sites for hydroxylation is 1. The van der Waals surface area contributed by atoms with Crippen LogP contribution in [0, 0.1) is 6.92 Å². The fourth-order valence-corrected chi connectivity index (χ4v) is 2.22. The van der Waals surface area contributed by atoms with Gasteiger partial charge in [-0.15, -0.1) is 0 Å². The van der Waals surface area contributed by atoms with Gasteiger partial charge in [0.05, 0.1) is 0 Å². The van der Waals surface area contributed by atoms with Crippen molar-refractivity contribution in [1.82, 2.24) is 10.2 Å². The number of β-amino-alcohol motifs (C(OH)–C–C–N with tert-alkyl or cyclic N) is 1. The average Bonchev–Trinajstić information content (AvgIpc) is 2.20. The molecule has 1 aliphatic rings. The third-order valence-corrected chi connectivity index (χ3v) is 3.12. The average molecular weight is 220 g/mol. The molecule has 1 heterocycles. The molecular weight excluding hydrogens is 200 g/mol. The van der Waals surface area contributed by atoms with Crippen molar-refractivity contribution in [1.29, 1.82) is 0 Å². The van der Waals surface area contributed by atoms with Crippen molar-refractivity contribution in [2.45, 2.75) is 26.1 Å². The fourth-order valence-electron chi connectivity index (χ4n) is 2.22. The van der Waals surface area contributed by atoms with Crippen molar-refractivity contribution in [2.75, 3.05) is 19.6 Å². The van der Waals surface area contributed by atoms with Gasteiger partial charge in [-0.3, -0.25) is 10.2 Å². The Hall–Kier alpha value is -0.900. The molecule has 0 bridgehead atoms. The number of benzene rings is 1. The molecule has 2 N–H and O–H groups in total. The molecule has 2 rings (SSSR count). The van der Waals surface area contributed by atoms with Gasteiger partial charge in [-0.2, -0.15) is 0 Å². The molecule has 0 saturated carbocycles. The van der Waals surface area contributed by atoms with Gasteiger partial charge < -0.3 is 5.11 Å². The topological polar surface area (TPSA) is 35.5 Å². The first-order valence-electron chi connectivity index (χ1n) is 5.81. The number of hydrogen-bond donors (Lipinski definition) is 2. The maximum Gasteiger partial charge on any atom is 0.126 e. The molecule has 0 spiro atoms. The molecule has 1 atom stereocenters. The molecule has 1 aromatic carbocycles. The minimum atomic E-state index is -0.749. The Morgan fingerprint density at radius 2 is 2.19 bits per heavy atom. The fraction of sp³-hybridized carbons (Fsp3) is 0.538. The first-order valence-corrected chi connectivity index (χ1v) is 5.81. The zero-order valence-corrected chi connectivity index (χ0v) is 10.0. The molecule has 0 amide bonds. The third kappa shape index (κ3) is 2.82. The second kappa shape index (κ2) is 4.53. The standard InChI is InChI=1S/C13H20N2O/c1-11-5-3-4-6-12(11)9-15-8-7-14-13(2,16)10-15/h3-6,14,16H,7-10H2,1-2H3/t13-/m0/s1. The number of nitrogens with one attached hydrogen (secondary N) is 1. The largest absolute Gasteiger partial charge is 0.375 e. The van der Waals surface area contributed by atoms with E-state index < -0.39 is 5.72 Å². The van der Waals surface area contributed by atoms with Crippen molar-refractivity contribution < 1.29 is 5.11 Å². The summed E-state index contributed by atoms with van der Waals surface area (Å²) in [6, 6.07) is 8.43. The summed E-state index contributed by atoms with van der Waals surface area (Å²) >= 11 is 0.